The van der Waals surface area contributed by atoms with Gasteiger partial charge in [-0.15, -0.1) is 0 Å². The first-order chi connectivity index (χ1) is 12.4. The molecular formula is C18H21F2N3O3. The summed E-state index contributed by atoms with van der Waals surface area (Å²) in [5.74, 6) is 0.265. The minimum absolute atomic E-state index is 0.142. The molecule has 0 aliphatic rings. The lowest BCUT2D eigenvalue weighted by molar-refractivity contribution is 0.0796. The van der Waals surface area contributed by atoms with Crippen molar-refractivity contribution in [2.24, 2.45) is 0 Å². The highest BCUT2D eigenvalue weighted by Crippen LogP contribution is 2.27. The summed E-state index contributed by atoms with van der Waals surface area (Å²) >= 11 is 0. The molecule has 0 unspecified atom stereocenters. The molecule has 140 valence electrons. The molecule has 0 spiro atoms. The fourth-order valence-electron chi connectivity index (χ4n) is 2.27. The van der Waals surface area contributed by atoms with E-state index in [2.05, 4.69) is 15.6 Å². The van der Waals surface area contributed by atoms with E-state index in [1.165, 1.54) is 19.2 Å². The number of alkyl halides is 2. The maximum atomic E-state index is 12.4. The molecule has 0 saturated carbocycles. The molecule has 2 N–H and O–H groups in total. The summed E-state index contributed by atoms with van der Waals surface area (Å²) in [4.78, 5) is 16.3. The van der Waals surface area contributed by atoms with E-state index in [-0.39, 0.29) is 23.4 Å². The van der Waals surface area contributed by atoms with Crippen LogP contribution in [-0.4, -0.2) is 31.2 Å². The number of pyridine rings is 1. The van der Waals surface area contributed by atoms with Gasteiger partial charge in [-0.2, -0.15) is 4.98 Å². The summed E-state index contributed by atoms with van der Waals surface area (Å²) in [7, 11) is 1.39. The van der Waals surface area contributed by atoms with Crippen LogP contribution in [0.15, 0.2) is 36.4 Å². The summed E-state index contributed by atoms with van der Waals surface area (Å²) in [6.07, 6.45) is -2.66. The van der Waals surface area contributed by atoms with Crippen molar-refractivity contribution in [2.75, 3.05) is 24.4 Å². The predicted molar refractivity (Wildman–Crippen MR) is 95.5 cm³/mol. The Morgan fingerprint density at radius 3 is 2.46 bits per heavy atom. The number of aromatic nitrogens is 1. The normalized spacial score (nSPS) is 10.7. The number of carbonyl (C=O) groups is 1. The highest BCUT2D eigenvalue weighted by atomic mass is 19.3. The summed E-state index contributed by atoms with van der Waals surface area (Å²) < 4.78 is 34.8. The number of halogens is 2. The maximum Gasteiger partial charge on any atom is 0.323 e. The van der Waals surface area contributed by atoms with Crippen molar-refractivity contribution in [3.63, 3.8) is 0 Å². The van der Waals surface area contributed by atoms with Gasteiger partial charge in [0, 0.05) is 11.8 Å². The minimum atomic E-state index is -2.66. The molecule has 0 aliphatic heterocycles. The lowest BCUT2D eigenvalue weighted by Gasteiger charge is -2.15. The number of anilines is 2. The van der Waals surface area contributed by atoms with Crippen molar-refractivity contribution < 1.29 is 23.0 Å². The molecule has 1 aromatic carbocycles. The largest absolute Gasteiger partial charge is 0.481 e. The molecule has 0 atom stereocenters. The Morgan fingerprint density at radius 1 is 1.12 bits per heavy atom. The van der Waals surface area contributed by atoms with E-state index >= 15 is 0 Å². The average molecular weight is 365 g/mol. The standard InChI is InChI=1S/C18H21F2N3O3/c1-11(2)12-6-4-5-7-13(12)21-18(24)22-14-8-9-16(25-3)23-17(14)26-10-15(19)20/h4-9,11,15H,10H2,1-3H3,(H2,21,22,24). The molecule has 1 aromatic heterocycles. The van der Waals surface area contributed by atoms with Gasteiger partial charge in [0.1, 0.15) is 5.69 Å². The lowest BCUT2D eigenvalue weighted by atomic mass is 10.0. The number of urea groups is 1. The van der Waals surface area contributed by atoms with Crippen molar-refractivity contribution in [3.8, 4) is 11.8 Å². The number of benzene rings is 1. The number of carbonyl (C=O) groups excluding carboxylic acids is 1. The summed E-state index contributed by atoms with van der Waals surface area (Å²) in [6, 6.07) is 9.84. The Labute approximate surface area is 150 Å². The first-order valence-electron chi connectivity index (χ1n) is 8.03. The Bertz CT molecular complexity index is 754. The molecule has 6 nitrogen and oxygen atoms in total. The molecule has 0 fully saturated rings. The molecule has 0 aliphatic carbocycles. The second-order valence-electron chi connectivity index (χ2n) is 5.73. The number of hydrogen-bond acceptors (Lipinski definition) is 4. The summed E-state index contributed by atoms with van der Waals surface area (Å²) in [5.41, 5.74) is 1.80. The van der Waals surface area contributed by atoms with E-state index in [0.29, 0.717) is 5.69 Å². The third-order valence-corrected chi connectivity index (χ3v) is 3.47. The van der Waals surface area contributed by atoms with Crippen molar-refractivity contribution in [2.45, 2.75) is 26.2 Å². The van der Waals surface area contributed by atoms with Crippen LogP contribution >= 0.6 is 0 Å². The highest BCUT2D eigenvalue weighted by molar-refractivity contribution is 6.01. The number of hydrogen-bond donors (Lipinski definition) is 2. The second-order valence-corrected chi connectivity index (χ2v) is 5.73. The van der Waals surface area contributed by atoms with E-state index in [1.807, 2.05) is 32.0 Å². The van der Waals surface area contributed by atoms with Crippen molar-refractivity contribution in [1.82, 2.24) is 4.98 Å². The van der Waals surface area contributed by atoms with Crippen LogP contribution in [0.3, 0.4) is 0 Å². The number of amides is 2. The minimum Gasteiger partial charge on any atom is -0.481 e. The molecule has 2 rings (SSSR count). The van der Waals surface area contributed by atoms with Gasteiger partial charge in [-0.25, -0.2) is 13.6 Å². The van der Waals surface area contributed by atoms with Crippen LogP contribution in [0.1, 0.15) is 25.3 Å². The third-order valence-electron chi connectivity index (χ3n) is 3.47. The Kier molecular flexibility index (Phi) is 6.71. The second kappa shape index (κ2) is 8.98. The van der Waals surface area contributed by atoms with Crippen LogP contribution in [0.5, 0.6) is 11.8 Å². The fourth-order valence-corrected chi connectivity index (χ4v) is 2.27. The van der Waals surface area contributed by atoms with Crippen LogP contribution < -0.4 is 20.1 Å². The van der Waals surface area contributed by atoms with Gasteiger partial charge in [0.05, 0.1) is 7.11 Å². The van der Waals surface area contributed by atoms with Crippen LogP contribution in [-0.2, 0) is 0 Å². The molecule has 2 amide bonds. The van der Waals surface area contributed by atoms with Gasteiger partial charge >= 0.3 is 6.03 Å². The van der Waals surface area contributed by atoms with Crippen LogP contribution in [0.4, 0.5) is 25.0 Å². The quantitative estimate of drug-likeness (QED) is 0.758. The van der Waals surface area contributed by atoms with E-state index in [1.54, 1.807) is 6.07 Å². The third kappa shape index (κ3) is 5.30. The molecule has 26 heavy (non-hydrogen) atoms. The van der Waals surface area contributed by atoms with E-state index in [0.717, 1.165) is 5.56 Å². The van der Waals surface area contributed by atoms with E-state index in [4.69, 9.17) is 9.47 Å². The predicted octanol–water partition coefficient (Wildman–Crippen LogP) is 4.50. The smallest absolute Gasteiger partial charge is 0.323 e. The highest BCUT2D eigenvalue weighted by Gasteiger charge is 2.15. The lowest BCUT2D eigenvalue weighted by Crippen LogP contribution is -2.21. The van der Waals surface area contributed by atoms with Crippen molar-refractivity contribution >= 4 is 17.4 Å². The topological polar surface area (TPSA) is 72.5 Å². The number of ether oxygens (including phenoxy) is 2. The SMILES string of the molecule is COc1ccc(NC(=O)Nc2ccccc2C(C)C)c(OCC(F)F)n1. The molecule has 0 bridgehead atoms. The average Bonchev–Trinajstić information content (AvgIpc) is 2.61. The maximum absolute atomic E-state index is 12.4. The number of methoxy groups -OCH3 is 1. The van der Waals surface area contributed by atoms with E-state index in [9.17, 15) is 13.6 Å². The number of rotatable bonds is 7. The summed E-state index contributed by atoms with van der Waals surface area (Å²) in [6.45, 7) is 3.19. The van der Waals surface area contributed by atoms with Crippen LogP contribution in [0, 0.1) is 0 Å². The first-order valence-corrected chi connectivity index (χ1v) is 8.03. The Morgan fingerprint density at radius 2 is 1.81 bits per heavy atom. The van der Waals surface area contributed by atoms with Gasteiger partial charge in [-0.1, -0.05) is 32.0 Å². The van der Waals surface area contributed by atoms with Gasteiger partial charge in [0.2, 0.25) is 11.8 Å². The van der Waals surface area contributed by atoms with Gasteiger partial charge in [-0.05, 0) is 23.6 Å². The first kappa shape index (κ1) is 19.4. The molecule has 0 radical (unpaired) electrons. The zero-order valence-corrected chi connectivity index (χ0v) is 14.8. The Hall–Kier alpha value is -2.90. The fraction of sp³-hybridized carbons (Fsp3) is 0.333. The monoisotopic (exact) mass is 365 g/mol. The molecular weight excluding hydrogens is 344 g/mol. The molecule has 0 saturated heterocycles. The zero-order valence-electron chi connectivity index (χ0n) is 14.8. The molecule has 1 heterocycles. The number of nitrogens with one attached hydrogen (secondary N) is 2. The number of nitrogens with zero attached hydrogens (tertiary/aromatic N) is 1. The van der Waals surface area contributed by atoms with Crippen molar-refractivity contribution in [3.05, 3.63) is 42.0 Å². The van der Waals surface area contributed by atoms with Crippen LogP contribution in [0.2, 0.25) is 0 Å². The van der Waals surface area contributed by atoms with Gasteiger partial charge in [-0.3, -0.25) is 0 Å². The number of para-hydroxylation sites is 1. The van der Waals surface area contributed by atoms with Gasteiger partial charge in [0.25, 0.3) is 6.43 Å². The zero-order chi connectivity index (χ0) is 19.1. The van der Waals surface area contributed by atoms with E-state index < -0.39 is 19.1 Å². The van der Waals surface area contributed by atoms with Crippen molar-refractivity contribution in [1.29, 1.82) is 0 Å². The van der Waals surface area contributed by atoms with Gasteiger partial charge < -0.3 is 20.1 Å². The van der Waals surface area contributed by atoms with Crippen LogP contribution in [0.25, 0.3) is 0 Å². The Balaban J connectivity index is 2.15. The molecule has 8 heteroatoms. The summed E-state index contributed by atoms with van der Waals surface area (Å²) in [5, 5.41) is 5.31. The van der Waals surface area contributed by atoms with Gasteiger partial charge in [0.15, 0.2) is 6.61 Å². The molecule has 2 aromatic rings.